The standard InChI is InChI=1S/C18H16F5N5O3/c19-14(20)13(29)12-11(15(30)28-24)8-25-16(26-12)27-17(6-1-7-17)9-2-4-10(5-3-9)31-18(21,22)23/h2-5,8,14H,1,6-7,24H2,(H,28,30)(H,25,26,27). The fourth-order valence-corrected chi connectivity index (χ4v) is 3.18. The molecule has 31 heavy (non-hydrogen) atoms. The molecule has 1 heterocycles. The minimum atomic E-state index is -4.83. The van der Waals surface area contributed by atoms with Crippen LogP contribution in [0.2, 0.25) is 0 Å². The van der Waals surface area contributed by atoms with Gasteiger partial charge < -0.3 is 10.1 Å². The first-order valence-electron chi connectivity index (χ1n) is 8.89. The molecule has 0 unspecified atom stereocenters. The van der Waals surface area contributed by atoms with Crippen molar-refractivity contribution in [2.75, 3.05) is 5.32 Å². The van der Waals surface area contributed by atoms with Crippen LogP contribution < -0.4 is 21.3 Å². The molecule has 0 saturated heterocycles. The Bertz CT molecular complexity index is 978. The Balaban J connectivity index is 1.90. The van der Waals surface area contributed by atoms with Crippen molar-refractivity contribution in [2.24, 2.45) is 5.84 Å². The van der Waals surface area contributed by atoms with Crippen LogP contribution in [0.3, 0.4) is 0 Å². The van der Waals surface area contributed by atoms with Crippen molar-refractivity contribution in [3.8, 4) is 5.75 Å². The van der Waals surface area contributed by atoms with Crippen LogP contribution in [-0.2, 0) is 5.54 Å². The lowest BCUT2D eigenvalue weighted by atomic mass is 9.72. The Hall–Kier alpha value is -3.35. The molecule has 4 N–H and O–H groups in total. The quantitative estimate of drug-likeness (QED) is 0.197. The van der Waals surface area contributed by atoms with Crippen molar-refractivity contribution in [1.82, 2.24) is 15.4 Å². The molecule has 0 aliphatic heterocycles. The number of hydrogen-bond donors (Lipinski definition) is 3. The number of nitrogen functional groups attached to an aromatic ring is 1. The first-order valence-corrected chi connectivity index (χ1v) is 8.89. The molecule has 1 aliphatic rings. The zero-order chi connectivity index (χ0) is 22.8. The topological polar surface area (TPSA) is 119 Å². The normalized spacial score (nSPS) is 15.2. The number of ketones is 1. The number of benzene rings is 1. The summed E-state index contributed by atoms with van der Waals surface area (Å²) in [6.45, 7) is 0. The van der Waals surface area contributed by atoms with Crippen LogP contribution >= 0.6 is 0 Å². The van der Waals surface area contributed by atoms with Gasteiger partial charge >= 0.3 is 12.8 Å². The summed E-state index contributed by atoms with van der Waals surface area (Å²) in [6, 6.07) is 5.14. The number of nitrogens with two attached hydrogens (primary N) is 1. The van der Waals surface area contributed by atoms with E-state index in [2.05, 4.69) is 20.0 Å². The van der Waals surface area contributed by atoms with E-state index >= 15 is 0 Å². The smallest absolute Gasteiger partial charge is 0.406 e. The van der Waals surface area contributed by atoms with Crippen LogP contribution in [0.4, 0.5) is 27.9 Å². The van der Waals surface area contributed by atoms with Crippen LogP contribution in [0, 0.1) is 0 Å². The van der Waals surface area contributed by atoms with Gasteiger partial charge in [0.05, 0.1) is 11.1 Å². The Labute approximate surface area is 172 Å². The van der Waals surface area contributed by atoms with E-state index in [1.807, 2.05) is 0 Å². The zero-order valence-electron chi connectivity index (χ0n) is 15.7. The predicted octanol–water partition coefficient (Wildman–Crippen LogP) is 2.92. The fourth-order valence-electron chi connectivity index (χ4n) is 3.18. The summed E-state index contributed by atoms with van der Waals surface area (Å²) in [4.78, 5) is 31.2. The van der Waals surface area contributed by atoms with Gasteiger partial charge in [0.25, 0.3) is 5.91 Å². The lowest BCUT2D eigenvalue weighted by Crippen LogP contribution is -2.43. The Kier molecular flexibility index (Phi) is 6.06. The number of carbonyl (C=O) groups is 2. The number of halogens is 5. The minimum absolute atomic E-state index is 0.201. The second-order valence-electron chi connectivity index (χ2n) is 6.73. The van der Waals surface area contributed by atoms with Gasteiger partial charge in [0.1, 0.15) is 11.4 Å². The van der Waals surface area contributed by atoms with Crippen molar-refractivity contribution in [3.63, 3.8) is 0 Å². The molecule has 3 rings (SSSR count). The molecule has 8 nitrogen and oxygen atoms in total. The molecule has 0 atom stereocenters. The highest BCUT2D eigenvalue weighted by atomic mass is 19.4. The van der Waals surface area contributed by atoms with Gasteiger partial charge in [-0.15, -0.1) is 13.2 Å². The molecular formula is C18H16F5N5O3. The maximum absolute atomic E-state index is 12.9. The first kappa shape index (κ1) is 22.3. The maximum Gasteiger partial charge on any atom is 0.573 e. The molecule has 0 bridgehead atoms. The Morgan fingerprint density at radius 2 is 1.81 bits per heavy atom. The Morgan fingerprint density at radius 1 is 1.16 bits per heavy atom. The fraction of sp³-hybridized carbons (Fsp3) is 0.333. The van der Waals surface area contributed by atoms with Crippen molar-refractivity contribution < 1.29 is 36.3 Å². The molecule has 1 amide bonds. The number of hydrazine groups is 1. The molecule has 0 radical (unpaired) electrons. The van der Waals surface area contributed by atoms with Crippen LogP contribution in [-0.4, -0.2) is 34.4 Å². The molecule has 1 aliphatic carbocycles. The van der Waals surface area contributed by atoms with Crippen molar-refractivity contribution >= 4 is 17.6 Å². The SMILES string of the molecule is NNC(=O)c1cnc(NC2(c3ccc(OC(F)(F)F)cc3)CCC2)nc1C(=O)C(F)F. The second-order valence-corrected chi connectivity index (χ2v) is 6.73. The molecular weight excluding hydrogens is 429 g/mol. The van der Waals surface area contributed by atoms with Crippen molar-refractivity contribution in [1.29, 1.82) is 0 Å². The number of carbonyl (C=O) groups excluding carboxylic acids is 2. The number of ether oxygens (including phenoxy) is 1. The third-order valence-corrected chi connectivity index (χ3v) is 4.79. The van der Waals surface area contributed by atoms with Gasteiger partial charge in [-0.3, -0.25) is 15.0 Å². The average Bonchev–Trinajstić information content (AvgIpc) is 2.69. The number of nitrogens with one attached hydrogen (secondary N) is 2. The van der Waals surface area contributed by atoms with E-state index in [0.29, 0.717) is 18.4 Å². The van der Waals surface area contributed by atoms with Gasteiger partial charge in [-0.2, -0.15) is 0 Å². The molecule has 1 fully saturated rings. The number of Topliss-reactive ketones (excluding diaryl/α,β-unsaturated/α-hetero) is 1. The van der Waals surface area contributed by atoms with E-state index in [1.54, 1.807) is 5.43 Å². The summed E-state index contributed by atoms with van der Waals surface area (Å²) >= 11 is 0. The lowest BCUT2D eigenvalue weighted by molar-refractivity contribution is -0.274. The number of anilines is 1. The first-order chi connectivity index (χ1) is 14.5. The predicted molar refractivity (Wildman–Crippen MR) is 96.3 cm³/mol. The molecule has 0 spiro atoms. The molecule has 13 heteroatoms. The number of hydrogen-bond acceptors (Lipinski definition) is 7. The van der Waals surface area contributed by atoms with Crippen molar-refractivity contribution in [2.45, 2.75) is 37.6 Å². The van der Waals surface area contributed by atoms with Gasteiger partial charge in [-0.25, -0.2) is 24.6 Å². The van der Waals surface area contributed by atoms with Gasteiger partial charge in [-0.1, -0.05) is 12.1 Å². The average molecular weight is 445 g/mol. The minimum Gasteiger partial charge on any atom is -0.406 e. The van der Waals surface area contributed by atoms with E-state index in [1.165, 1.54) is 12.1 Å². The molecule has 2 aromatic rings. The second kappa shape index (κ2) is 8.41. The third-order valence-electron chi connectivity index (χ3n) is 4.79. The summed E-state index contributed by atoms with van der Waals surface area (Å²) in [5.74, 6) is 1.70. The zero-order valence-corrected chi connectivity index (χ0v) is 15.7. The van der Waals surface area contributed by atoms with E-state index in [-0.39, 0.29) is 5.95 Å². The summed E-state index contributed by atoms with van der Waals surface area (Å²) in [5, 5.41) is 2.95. The Morgan fingerprint density at radius 3 is 2.29 bits per heavy atom. The number of amides is 1. The monoisotopic (exact) mass is 445 g/mol. The molecule has 166 valence electrons. The summed E-state index contributed by atoms with van der Waals surface area (Å²) < 4.78 is 66.8. The van der Waals surface area contributed by atoms with Gasteiger partial charge in [0.15, 0.2) is 0 Å². The van der Waals surface area contributed by atoms with Crippen LogP contribution in [0.25, 0.3) is 0 Å². The molecule has 1 aromatic heterocycles. The van der Waals surface area contributed by atoms with E-state index in [0.717, 1.165) is 24.8 Å². The van der Waals surface area contributed by atoms with Crippen LogP contribution in [0.1, 0.15) is 45.7 Å². The highest BCUT2D eigenvalue weighted by molar-refractivity contribution is 6.07. The van der Waals surface area contributed by atoms with Gasteiger partial charge in [0.2, 0.25) is 11.7 Å². The lowest BCUT2D eigenvalue weighted by Gasteiger charge is -2.43. The maximum atomic E-state index is 12.9. The number of alkyl halides is 5. The summed E-state index contributed by atoms with van der Waals surface area (Å²) in [7, 11) is 0. The van der Waals surface area contributed by atoms with E-state index in [9.17, 15) is 31.5 Å². The van der Waals surface area contributed by atoms with Crippen molar-refractivity contribution in [3.05, 3.63) is 47.3 Å². The number of nitrogens with zero attached hydrogens (tertiary/aromatic N) is 2. The molecule has 1 saturated carbocycles. The number of rotatable bonds is 7. The highest BCUT2D eigenvalue weighted by Crippen LogP contribution is 2.44. The summed E-state index contributed by atoms with van der Waals surface area (Å²) in [5.41, 5.74) is 0.192. The van der Waals surface area contributed by atoms with Crippen LogP contribution in [0.15, 0.2) is 30.5 Å². The van der Waals surface area contributed by atoms with E-state index in [4.69, 9.17) is 5.84 Å². The van der Waals surface area contributed by atoms with Crippen LogP contribution in [0.5, 0.6) is 5.75 Å². The van der Waals surface area contributed by atoms with E-state index < -0.39 is 47.0 Å². The highest BCUT2D eigenvalue weighted by Gasteiger charge is 2.40. The summed E-state index contributed by atoms with van der Waals surface area (Å²) in [6.07, 6.45) is -5.50. The van der Waals surface area contributed by atoms with Gasteiger partial charge in [-0.05, 0) is 37.0 Å². The number of aromatic nitrogens is 2. The molecule has 1 aromatic carbocycles. The third kappa shape index (κ3) is 4.87. The van der Waals surface area contributed by atoms with Gasteiger partial charge in [0, 0.05) is 6.20 Å². The largest absolute Gasteiger partial charge is 0.573 e.